The summed E-state index contributed by atoms with van der Waals surface area (Å²) in [6.07, 6.45) is 1.04. The predicted octanol–water partition coefficient (Wildman–Crippen LogP) is 3.41. The molecule has 0 saturated carbocycles. The van der Waals surface area contributed by atoms with Gasteiger partial charge < -0.3 is 10.1 Å². The van der Waals surface area contributed by atoms with Gasteiger partial charge in [-0.05, 0) is 41.4 Å². The third-order valence-electron chi connectivity index (χ3n) is 2.41. The summed E-state index contributed by atoms with van der Waals surface area (Å²) in [6, 6.07) is 7.63. The van der Waals surface area contributed by atoms with Gasteiger partial charge in [-0.3, -0.25) is 4.79 Å². The van der Waals surface area contributed by atoms with Crippen LogP contribution >= 0.6 is 27.3 Å². The first-order valence-corrected chi connectivity index (χ1v) is 7.73. The Balaban J connectivity index is 1.68. The van der Waals surface area contributed by atoms with Crippen molar-refractivity contribution in [3.8, 4) is 5.75 Å². The third kappa shape index (κ3) is 4.57. The lowest BCUT2D eigenvalue weighted by atomic mass is 10.3. The average molecular weight is 356 g/mol. The van der Waals surface area contributed by atoms with Crippen LogP contribution in [0.4, 0.5) is 5.13 Å². The minimum atomic E-state index is -0.0723. The number of ether oxygens (including phenoxy) is 1. The summed E-state index contributed by atoms with van der Waals surface area (Å²) < 4.78 is 6.50. The van der Waals surface area contributed by atoms with E-state index in [9.17, 15) is 4.79 Å². The predicted molar refractivity (Wildman–Crippen MR) is 82.1 cm³/mol. The van der Waals surface area contributed by atoms with Crippen molar-refractivity contribution in [3.63, 3.8) is 0 Å². The van der Waals surface area contributed by atoms with Gasteiger partial charge in [0.05, 0.1) is 11.1 Å². The second-order valence-electron chi connectivity index (χ2n) is 4.06. The van der Waals surface area contributed by atoms with Crippen LogP contribution < -0.4 is 10.1 Å². The summed E-state index contributed by atoms with van der Waals surface area (Å²) >= 11 is 4.77. The summed E-state index contributed by atoms with van der Waals surface area (Å²) in [4.78, 5) is 11.7. The lowest BCUT2D eigenvalue weighted by Gasteiger charge is -2.07. The van der Waals surface area contributed by atoms with Crippen molar-refractivity contribution in [2.24, 2.45) is 0 Å². The number of halogens is 1. The van der Waals surface area contributed by atoms with E-state index in [-0.39, 0.29) is 5.91 Å². The number of amides is 1. The highest BCUT2D eigenvalue weighted by atomic mass is 79.9. The maximum Gasteiger partial charge on any atom is 0.226 e. The van der Waals surface area contributed by atoms with Crippen molar-refractivity contribution in [3.05, 3.63) is 33.7 Å². The number of aryl methyl sites for hydroxylation is 1. The molecule has 1 aromatic carbocycles. The molecule has 1 amide bonds. The van der Waals surface area contributed by atoms with E-state index in [1.54, 1.807) is 0 Å². The van der Waals surface area contributed by atoms with E-state index in [0.29, 0.717) is 24.6 Å². The van der Waals surface area contributed by atoms with E-state index in [0.717, 1.165) is 15.2 Å². The van der Waals surface area contributed by atoms with Gasteiger partial charge in [-0.25, -0.2) is 0 Å². The molecule has 7 heteroatoms. The fourth-order valence-electron chi connectivity index (χ4n) is 1.51. The maximum absolute atomic E-state index is 11.7. The van der Waals surface area contributed by atoms with Crippen molar-refractivity contribution in [2.45, 2.75) is 19.8 Å². The Morgan fingerprint density at radius 2 is 2.20 bits per heavy atom. The zero-order valence-corrected chi connectivity index (χ0v) is 13.3. The Hall–Kier alpha value is -1.47. The Labute approximate surface area is 129 Å². The van der Waals surface area contributed by atoms with E-state index in [1.165, 1.54) is 11.3 Å². The number of rotatable bonds is 6. The van der Waals surface area contributed by atoms with Crippen LogP contribution in [0.5, 0.6) is 5.75 Å². The molecule has 0 radical (unpaired) electrons. The molecule has 0 aliphatic rings. The molecule has 20 heavy (non-hydrogen) atoms. The number of hydrogen-bond acceptors (Lipinski definition) is 5. The lowest BCUT2D eigenvalue weighted by molar-refractivity contribution is -0.116. The van der Waals surface area contributed by atoms with Gasteiger partial charge in [0.15, 0.2) is 0 Å². The van der Waals surface area contributed by atoms with Crippen LogP contribution in [-0.4, -0.2) is 22.7 Å². The van der Waals surface area contributed by atoms with Gasteiger partial charge in [-0.1, -0.05) is 23.5 Å². The number of anilines is 1. The number of nitrogens with zero attached hydrogens (tertiary/aromatic N) is 2. The molecule has 2 rings (SSSR count). The van der Waals surface area contributed by atoms with Gasteiger partial charge in [0.2, 0.25) is 11.0 Å². The minimum Gasteiger partial charge on any atom is -0.492 e. The van der Waals surface area contributed by atoms with Crippen molar-refractivity contribution in [1.82, 2.24) is 10.2 Å². The van der Waals surface area contributed by atoms with Gasteiger partial charge >= 0.3 is 0 Å². The fourth-order valence-corrected chi connectivity index (χ4v) is 2.51. The van der Waals surface area contributed by atoms with Gasteiger partial charge in [0, 0.05) is 6.42 Å². The topological polar surface area (TPSA) is 64.1 Å². The normalized spacial score (nSPS) is 10.3. The van der Waals surface area contributed by atoms with E-state index < -0.39 is 0 Å². The summed E-state index contributed by atoms with van der Waals surface area (Å²) in [6.45, 7) is 2.34. The number of para-hydroxylation sites is 1. The molecule has 0 fully saturated rings. The highest BCUT2D eigenvalue weighted by Gasteiger charge is 2.06. The van der Waals surface area contributed by atoms with Crippen LogP contribution in [-0.2, 0) is 4.79 Å². The molecule has 1 N–H and O–H groups in total. The standard InChI is InChI=1S/C13H14BrN3O2S/c1-9-16-17-13(20-9)15-12(18)7-4-8-19-11-6-3-2-5-10(11)14/h2-3,5-6H,4,7-8H2,1H3,(H,15,17,18). The summed E-state index contributed by atoms with van der Waals surface area (Å²) in [5.74, 6) is 0.713. The monoisotopic (exact) mass is 355 g/mol. The Kier molecular flexibility index (Phi) is 5.49. The van der Waals surface area contributed by atoms with E-state index in [1.807, 2.05) is 31.2 Å². The van der Waals surface area contributed by atoms with Crippen LogP contribution in [0.3, 0.4) is 0 Å². The van der Waals surface area contributed by atoms with Crippen LogP contribution in [0, 0.1) is 6.92 Å². The first kappa shape index (κ1) is 14.9. The highest BCUT2D eigenvalue weighted by Crippen LogP contribution is 2.23. The second-order valence-corrected chi connectivity index (χ2v) is 6.09. The maximum atomic E-state index is 11.7. The second kappa shape index (κ2) is 7.35. The minimum absolute atomic E-state index is 0.0723. The van der Waals surface area contributed by atoms with Crippen molar-refractivity contribution in [1.29, 1.82) is 0 Å². The lowest BCUT2D eigenvalue weighted by Crippen LogP contribution is -2.12. The zero-order chi connectivity index (χ0) is 14.4. The SMILES string of the molecule is Cc1nnc(NC(=O)CCCOc2ccccc2Br)s1. The van der Waals surface area contributed by atoms with Gasteiger partial charge in [0.1, 0.15) is 10.8 Å². The third-order valence-corrected chi connectivity index (χ3v) is 3.82. The molecule has 1 heterocycles. The molecule has 0 bridgehead atoms. The molecule has 0 unspecified atom stereocenters. The number of benzene rings is 1. The molecule has 0 aliphatic carbocycles. The Morgan fingerprint density at radius 3 is 2.90 bits per heavy atom. The molecular formula is C13H14BrN3O2S. The first-order valence-electron chi connectivity index (χ1n) is 6.12. The molecule has 106 valence electrons. The van der Waals surface area contributed by atoms with E-state index >= 15 is 0 Å². The average Bonchev–Trinajstić information content (AvgIpc) is 2.82. The zero-order valence-electron chi connectivity index (χ0n) is 10.9. The van der Waals surface area contributed by atoms with Crippen molar-refractivity contribution in [2.75, 3.05) is 11.9 Å². The molecule has 2 aromatic rings. The first-order chi connectivity index (χ1) is 9.65. The fraction of sp³-hybridized carbons (Fsp3) is 0.308. The largest absolute Gasteiger partial charge is 0.492 e. The molecule has 0 spiro atoms. The quantitative estimate of drug-likeness (QED) is 0.806. The number of nitrogens with one attached hydrogen (secondary N) is 1. The van der Waals surface area contributed by atoms with Crippen LogP contribution in [0.25, 0.3) is 0 Å². The van der Waals surface area contributed by atoms with E-state index in [4.69, 9.17) is 4.74 Å². The van der Waals surface area contributed by atoms with Crippen LogP contribution in [0.2, 0.25) is 0 Å². The Bertz CT molecular complexity index is 589. The molecule has 0 saturated heterocycles. The summed E-state index contributed by atoms with van der Waals surface area (Å²) in [5, 5.41) is 11.8. The van der Waals surface area contributed by atoms with Crippen LogP contribution in [0.1, 0.15) is 17.8 Å². The highest BCUT2D eigenvalue weighted by molar-refractivity contribution is 9.10. The van der Waals surface area contributed by atoms with Crippen molar-refractivity contribution >= 4 is 38.3 Å². The van der Waals surface area contributed by atoms with Crippen molar-refractivity contribution < 1.29 is 9.53 Å². The molecule has 0 atom stereocenters. The molecule has 5 nitrogen and oxygen atoms in total. The van der Waals surface area contributed by atoms with Gasteiger partial charge in [-0.2, -0.15) is 0 Å². The summed E-state index contributed by atoms with van der Waals surface area (Å²) in [5.41, 5.74) is 0. The van der Waals surface area contributed by atoms with Gasteiger partial charge in [0.25, 0.3) is 0 Å². The number of carbonyl (C=O) groups excluding carboxylic acids is 1. The molecule has 1 aromatic heterocycles. The van der Waals surface area contributed by atoms with Crippen LogP contribution in [0.15, 0.2) is 28.7 Å². The number of carbonyl (C=O) groups is 1. The number of aromatic nitrogens is 2. The van der Waals surface area contributed by atoms with Gasteiger partial charge in [-0.15, -0.1) is 10.2 Å². The number of hydrogen-bond donors (Lipinski definition) is 1. The molecular weight excluding hydrogens is 342 g/mol. The smallest absolute Gasteiger partial charge is 0.226 e. The summed E-state index contributed by atoms with van der Waals surface area (Å²) in [7, 11) is 0. The Morgan fingerprint density at radius 1 is 1.40 bits per heavy atom. The molecule has 0 aliphatic heterocycles. The van der Waals surface area contributed by atoms with E-state index in [2.05, 4.69) is 31.4 Å².